The van der Waals surface area contributed by atoms with E-state index in [1.54, 1.807) is 14.2 Å². The van der Waals surface area contributed by atoms with E-state index < -0.39 is 0 Å². The molecule has 0 saturated carbocycles. The molecule has 0 atom stereocenters. The molecular formula is C14H12BrN3O2. The first kappa shape index (κ1) is 12.9. The zero-order valence-corrected chi connectivity index (χ0v) is 12.6. The first-order valence-corrected chi connectivity index (χ1v) is 6.75. The van der Waals surface area contributed by atoms with Gasteiger partial charge in [-0.15, -0.1) is 10.2 Å². The molecule has 0 aliphatic rings. The Morgan fingerprint density at radius 1 is 1.00 bits per heavy atom. The van der Waals surface area contributed by atoms with Crippen LogP contribution in [0.1, 0.15) is 0 Å². The third kappa shape index (κ3) is 2.12. The van der Waals surface area contributed by atoms with E-state index in [1.807, 2.05) is 40.9 Å². The topological polar surface area (TPSA) is 48.7 Å². The summed E-state index contributed by atoms with van der Waals surface area (Å²) in [4.78, 5) is 0. The highest BCUT2D eigenvalue weighted by Gasteiger charge is 2.11. The van der Waals surface area contributed by atoms with Gasteiger partial charge in [0.1, 0.15) is 0 Å². The van der Waals surface area contributed by atoms with Crippen LogP contribution < -0.4 is 9.47 Å². The summed E-state index contributed by atoms with van der Waals surface area (Å²) in [5.74, 6) is 2.10. The number of halogens is 1. The summed E-state index contributed by atoms with van der Waals surface area (Å²) >= 11 is 3.45. The number of methoxy groups -OCH3 is 2. The van der Waals surface area contributed by atoms with Crippen molar-refractivity contribution in [1.82, 2.24) is 14.6 Å². The molecule has 6 heteroatoms. The molecule has 0 unspecified atom stereocenters. The van der Waals surface area contributed by atoms with Crippen LogP contribution in [0.25, 0.3) is 17.0 Å². The first-order chi connectivity index (χ1) is 9.72. The lowest BCUT2D eigenvalue weighted by Gasteiger charge is -2.08. The Hall–Kier alpha value is -2.08. The first-order valence-electron chi connectivity index (χ1n) is 5.95. The Kier molecular flexibility index (Phi) is 3.31. The van der Waals surface area contributed by atoms with E-state index in [0.717, 1.165) is 21.5 Å². The maximum Gasteiger partial charge on any atom is 0.168 e. The normalized spacial score (nSPS) is 10.8. The standard InChI is InChI=1S/C14H12BrN3O2/c1-19-11-5-3-9(7-12(11)20-2)14-17-16-13-6-4-10(15)8-18(13)14/h3-8H,1-2H3. The molecule has 0 N–H and O–H groups in total. The highest BCUT2D eigenvalue weighted by atomic mass is 79.9. The second kappa shape index (κ2) is 5.13. The van der Waals surface area contributed by atoms with Crippen LogP contribution >= 0.6 is 15.9 Å². The second-order valence-corrected chi connectivity index (χ2v) is 5.08. The van der Waals surface area contributed by atoms with Gasteiger partial charge in [0.2, 0.25) is 0 Å². The minimum atomic E-state index is 0.664. The highest BCUT2D eigenvalue weighted by Crippen LogP contribution is 2.31. The van der Waals surface area contributed by atoms with E-state index in [1.165, 1.54) is 0 Å². The van der Waals surface area contributed by atoms with Crippen molar-refractivity contribution in [2.45, 2.75) is 0 Å². The molecule has 0 aliphatic heterocycles. The molecule has 0 radical (unpaired) electrons. The van der Waals surface area contributed by atoms with Crippen LogP contribution in [0.5, 0.6) is 11.5 Å². The smallest absolute Gasteiger partial charge is 0.168 e. The van der Waals surface area contributed by atoms with Crippen LogP contribution in [0.2, 0.25) is 0 Å². The van der Waals surface area contributed by atoms with Crippen LogP contribution in [0.3, 0.4) is 0 Å². The zero-order valence-electron chi connectivity index (χ0n) is 11.0. The van der Waals surface area contributed by atoms with Gasteiger partial charge < -0.3 is 9.47 Å². The van der Waals surface area contributed by atoms with Crippen molar-refractivity contribution < 1.29 is 9.47 Å². The Morgan fingerprint density at radius 3 is 2.55 bits per heavy atom. The van der Waals surface area contributed by atoms with Crippen molar-refractivity contribution in [2.75, 3.05) is 14.2 Å². The third-order valence-corrected chi connectivity index (χ3v) is 3.48. The van der Waals surface area contributed by atoms with Crippen LogP contribution in [0.15, 0.2) is 41.0 Å². The van der Waals surface area contributed by atoms with Crippen molar-refractivity contribution in [3.05, 3.63) is 41.0 Å². The van der Waals surface area contributed by atoms with Crippen LogP contribution in [-0.2, 0) is 0 Å². The third-order valence-electron chi connectivity index (χ3n) is 3.01. The number of rotatable bonds is 3. The van der Waals surface area contributed by atoms with Gasteiger partial charge in [0.25, 0.3) is 0 Å². The number of aromatic nitrogens is 3. The number of hydrogen-bond acceptors (Lipinski definition) is 4. The average molecular weight is 334 g/mol. The van der Waals surface area contributed by atoms with Gasteiger partial charge in [0.05, 0.1) is 14.2 Å². The van der Waals surface area contributed by atoms with Crippen molar-refractivity contribution in [2.24, 2.45) is 0 Å². The minimum absolute atomic E-state index is 0.664. The molecule has 0 saturated heterocycles. The van der Waals surface area contributed by atoms with E-state index in [2.05, 4.69) is 26.1 Å². The van der Waals surface area contributed by atoms with E-state index in [9.17, 15) is 0 Å². The number of pyridine rings is 1. The van der Waals surface area contributed by atoms with Crippen molar-refractivity contribution in [3.63, 3.8) is 0 Å². The highest BCUT2D eigenvalue weighted by molar-refractivity contribution is 9.10. The summed E-state index contributed by atoms with van der Waals surface area (Å²) < 4.78 is 13.4. The molecule has 5 nitrogen and oxygen atoms in total. The molecule has 2 aromatic heterocycles. The zero-order chi connectivity index (χ0) is 14.1. The monoisotopic (exact) mass is 333 g/mol. The number of ether oxygens (including phenoxy) is 2. The Labute approximate surface area is 124 Å². The average Bonchev–Trinajstić information content (AvgIpc) is 2.89. The van der Waals surface area contributed by atoms with Crippen LogP contribution in [0.4, 0.5) is 0 Å². The Morgan fingerprint density at radius 2 is 1.80 bits per heavy atom. The number of fused-ring (bicyclic) bond motifs is 1. The molecule has 3 aromatic rings. The quantitative estimate of drug-likeness (QED) is 0.738. The largest absolute Gasteiger partial charge is 0.493 e. The van der Waals surface area contributed by atoms with Gasteiger partial charge >= 0.3 is 0 Å². The number of nitrogens with zero attached hydrogens (tertiary/aromatic N) is 3. The minimum Gasteiger partial charge on any atom is -0.493 e. The summed E-state index contributed by atoms with van der Waals surface area (Å²) in [6, 6.07) is 9.51. The van der Waals surface area contributed by atoms with Crippen molar-refractivity contribution in [3.8, 4) is 22.9 Å². The Bertz CT molecular complexity index is 770. The van der Waals surface area contributed by atoms with Crippen molar-refractivity contribution >= 4 is 21.6 Å². The lowest BCUT2D eigenvalue weighted by molar-refractivity contribution is 0.355. The molecule has 0 spiro atoms. The van der Waals surface area contributed by atoms with E-state index in [0.29, 0.717) is 11.5 Å². The fourth-order valence-electron chi connectivity index (χ4n) is 2.04. The van der Waals surface area contributed by atoms with Gasteiger partial charge in [0, 0.05) is 16.2 Å². The molecule has 2 heterocycles. The number of benzene rings is 1. The number of hydrogen-bond donors (Lipinski definition) is 0. The molecule has 3 rings (SSSR count). The molecule has 0 amide bonds. The summed E-state index contributed by atoms with van der Waals surface area (Å²) in [5, 5.41) is 8.39. The molecule has 1 aromatic carbocycles. The molecule has 0 aliphatic carbocycles. The van der Waals surface area contributed by atoms with Gasteiger partial charge in [0.15, 0.2) is 23.0 Å². The molecule has 0 fully saturated rings. The van der Waals surface area contributed by atoms with Crippen molar-refractivity contribution in [1.29, 1.82) is 0 Å². The van der Waals surface area contributed by atoms with E-state index in [-0.39, 0.29) is 0 Å². The van der Waals surface area contributed by atoms with Gasteiger partial charge in [-0.3, -0.25) is 4.40 Å². The predicted octanol–water partition coefficient (Wildman–Crippen LogP) is 3.18. The Balaban J connectivity index is 2.18. The van der Waals surface area contributed by atoms with E-state index in [4.69, 9.17) is 9.47 Å². The second-order valence-electron chi connectivity index (χ2n) is 4.17. The summed E-state index contributed by atoms with van der Waals surface area (Å²) in [6.45, 7) is 0. The van der Waals surface area contributed by atoms with E-state index >= 15 is 0 Å². The molecular weight excluding hydrogens is 322 g/mol. The maximum absolute atomic E-state index is 5.32. The van der Waals surface area contributed by atoms with Gasteiger partial charge in [-0.1, -0.05) is 0 Å². The summed E-state index contributed by atoms with van der Waals surface area (Å²) in [7, 11) is 3.22. The summed E-state index contributed by atoms with van der Waals surface area (Å²) in [5.41, 5.74) is 1.70. The predicted molar refractivity (Wildman–Crippen MR) is 79.2 cm³/mol. The molecule has 102 valence electrons. The maximum atomic E-state index is 5.32. The fraction of sp³-hybridized carbons (Fsp3) is 0.143. The SMILES string of the molecule is COc1ccc(-c2nnc3ccc(Br)cn23)cc1OC. The molecule has 20 heavy (non-hydrogen) atoms. The van der Waals surface area contributed by atoms with Gasteiger partial charge in [-0.05, 0) is 46.3 Å². The summed E-state index contributed by atoms with van der Waals surface area (Å²) in [6.07, 6.45) is 1.93. The van der Waals surface area contributed by atoms with Crippen LogP contribution in [0, 0.1) is 0 Å². The van der Waals surface area contributed by atoms with Gasteiger partial charge in [-0.2, -0.15) is 0 Å². The van der Waals surface area contributed by atoms with Crippen LogP contribution in [-0.4, -0.2) is 28.8 Å². The lowest BCUT2D eigenvalue weighted by atomic mass is 10.2. The molecule has 0 bridgehead atoms. The van der Waals surface area contributed by atoms with Gasteiger partial charge in [-0.25, -0.2) is 0 Å². The fourth-order valence-corrected chi connectivity index (χ4v) is 2.37. The lowest BCUT2D eigenvalue weighted by Crippen LogP contribution is -1.93.